The van der Waals surface area contributed by atoms with E-state index >= 15 is 0 Å². The van der Waals surface area contributed by atoms with Crippen LogP contribution in [0.3, 0.4) is 0 Å². The van der Waals surface area contributed by atoms with Crippen molar-refractivity contribution in [3.8, 4) is 11.5 Å². The van der Waals surface area contributed by atoms with E-state index in [0.717, 1.165) is 27.9 Å². The topological polar surface area (TPSA) is 31.5 Å². The van der Waals surface area contributed by atoms with Gasteiger partial charge in [-0.1, -0.05) is 18.2 Å². The highest BCUT2D eigenvalue weighted by Gasteiger charge is 2.15. The number of aryl methyl sites for hydroxylation is 1. The number of fused-ring (bicyclic) bond motifs is 1. The van der Waals surface area contributed by atoms with Crippen molar-refractivity contribution in [2.45, 2.75) is 20.8 Å². The molecule has 0 fully saturated rings. The van der Waals surface area contributed by atoms with Crippen molar-refractivity contribution >= 4 is 16.6 Å². The first-order valence-corrected chi connectivity index (χ1v) is 5.29. The summed E-state index contributed by atoms with van der Waals surface area (Å²) in [5.74, 6) is 2.01. The summed E-state index contributed by atoms with van der Waals surface area (Å²) in [6, 6.07) is 9.57. The van der Waals surface area contributed by atoms with E-state index in [4.69, 9.17) is 4.42 Å². The number of phenols is 1. The quantitative estimate of drug-likeness (QED) is 0.722. The summed E-state index contributed by atoms with van der Waals surface area (Å²) in [5.41, 5.74) is 0.829. The van der Waals surface area contributed by atoms with Crippen molar-refractivity contribution in [3.05, 3.63) is 35.9 Å². The van der Waals surface area contributed by atoms with E-state index in [1.54, 1.807) is 0 Å². The molecule has 82 valence electrons. The van der Waals surface area contributed by atoms with E-state index in [-0.39, 0.29) is 0 Å². The van der Waals surface area contributed by atoms with Crippen LogP contribution in [0.4, 0.5) is 0 Å². The number of hydrogen-bond acceptors (Lipinski definition) is 1. The summed E-state index contributed by atoms with van der Waals surface area (Å²) >= 11 is 0. The first-order valence-electron chi connectivity index (χ1n) is 5.29. The molecule has 2 rings (SSSR count). The molecule has 0 unspecified atom stereocenters. The Kier molecular flexibility index (Phi) is 2.65. The maximum absolute atomic E-state index is 9.95. The van der Waals surface area contributed by atoms with Gasteiger partial charge in [0.2, 0.25) is 0 Å². The minimum Gasteiger partial charge on any atom is -0.507 e. The van der Waals surface area contributed by atoms with Gasteiger partial charge in [-0.25, -0.2) is 4.42 Å². The van der Waals surface area contributed by atoms with Crippen LogP contribution in [-0.2, 0) is 4.42 Å². The predicted octanol–water partition coefficient (Wildman–Crippen LogP) is 3.71. The molecule has 2 aromatic rings. The molecule has 0 aliphatic carbocycles. The van der Waals surface area contributed by atoms with Crippen LogP contribution in [0.2, 0.25) is 0 Å². The fraction of sp³-hybridized carbons (Fsp3) is 0.214. The van der Waals surface area contributed by atoms with Gasteiger partial charge in [-0.2, -0.15) is 0 Å². The highest BCUT2D eigenvalue weighted by atomic mass is 16.4. The van der Waals surface area contributed by atoms with Crippen LogP contribution >= 0.6 is 0 Å². The molecule has 0 heterocycles. The summed E-state index contributed by atoms with van der Waals surface area (Å²) < 4.78 is 5.67. The van der Waals surface area contributed by atoms with E-state index in [9.17, 15) is 5.11 Å². The molecule has 0 radical (unpaired) electrons. The van der Waals surface area contributed by atoms with Gasteiger partial charge in [0.15, 0.2) is 0 Å². The normalized spacial score (nSPS) is 10.4. The molecule has 0 aliphatic heterocycles. The number of carbonyl (C=O) groups excluding carboxylic acids is 1. The third kappa shape index (κ3) is 1.78. The largest absolute Gasteiger partial charge is 0.507 e. The Balaban J connectivity index is 2.85. The lowest BCUT2D eigenvalue weighted by atomic mass is 10.1. The van der Waals surface area contributed by atoms with Gasteiger partial charge in [0, 0.05) is 24.8 Å². The zero-order valence-electron chi connectivity index (χ0n) is 9.74. The molecule has 0 saturated carbocycles. The van der Waals surface area contributed by atoms with Crippen LogP contribution < -0.4 is 0 Å². The first kappa shape index (κ1) is 10.7. The molecule has 2 heteroatoms. The van der Waals surface area contributed by atoms with Crippen molar-refractivity contribution < 1.29 is 9.53 Å². The van der Waals surface area contributed by atoms with Crippen molar-refractivity contribution in [1.82, 2.24) is 0 Å². The van der Waals surface area contributed by atoms with Crippen LogP contribution in [0.25, 0.3) is 10.8 Å². The monoisotopic (exact) mass is 215 g/mol. The van der Waals surface area contributed by atoms with E-state index in [2.05, 4.69) is 0 Å². The van der Waals surface area contributed by atoms with E-state index in [0.29, 0.717) is 5.75 Å². The Bertz CT molecular complexity index is 564. The van der Waals surface area contributed by atoms with Crippen LogP contribution in [-0.4, -0.2) is 10.9 Å². The highest BCUT2D eigenvalue weighted by Crippen LogP contribution is 2.35. The summed E-state index contributed by atoms with van der Waals surface area (Å²) in [7, 11) is 0. The van der Waals surface area contributed by atoms with Gasteiger partial charge in [0.05, 0.1) is 11.5 Å². The van der Waals surface area contributed by atoms with Crippen molar-refractivity contribution in [1.29, 1.82) is 0 Å². The average molecular weight is 215 g/mol. The second-order valence-electron chi connectivity index (χ2n) is 4.10. The van der Waals surface area contributed by atoms with Gasteiger partial charge >= 0.3 is 11.5 Å². The molecule has 0 spiro atoms. The van der Waals surface area contributed by atoms with Crippen LogP contribution in [0.1, 0.15) is 19.4 Å². The molecule has 0 atom stereocenters. The number of aromatic hydroxyl groups is 1. The number of benzene rings is 2. The maximum Gasteiger partial charge on any atom is 0.360 e. The van der Waals surface area contributed by atoms with Gasteiger partial charge in [-0.05, 0) is 13.0 Å². The van der Waals surface area contributed by atoms with Gasteiger partial charge in [0.1, 0.15) is 5.75 Å². The van der Waals surface area contributed by atoms with Crippen LogP contribution in [0, 0.1) is 6.92 Å². The van der Waals surface area contributed by atoms with Gasteiger partial charge in [-0.3, -0.25) is 0 Å². The van der Waals surface area contributed by atoms with Crippen LogP contribution in [0.15, 0.2) is 30.3 Å². The summed E-state index contributed by atoms with van der Waals surface area (Å²) in [4.78, 5) is 0. The van der Waals surface area contributed by atoms with Gasteiger partial charge in [0.25, 0.3) is 0 Å². The first-order chi connectivity index (χ1) is 7.59. The Morgan fingerprint density at radius 3 is 2.38 bits per heavy atom. The Labute approximate surface area is 94.8 Å². The molecule has 2 nitrogen and oxygen atoms in total. The van der Waals surface area contributed by atoms with Gasteiger partial charge < -0.3 is 5.11 Å². The highest BCUT2D eigenvalue weighted by molar-refractivity contribution is 5.94. The zero-order chi connectivity index (χ0) is 11.7. The number of phenolic OH excluding ortho intramolecular Hbond substituents is 1. The summed E-state index contributed by atoms with van der Waals surface area (Å²) in [5, 5.41) is 11.7. The van der Waals surface area contributed by atoms with Crippen molar-refractivity contribution in [2.24, 2.45) is 0 Å². The second-order valence-corrected chi connectivity index (χ2v) is 4.10. The van der Waals surface area contributed by atoms with E-state index in [1.165, 1.54) is 0 Å². The molecular formula is C14H15O2+. The van der Waals surface area contributed by atoms with Crippen molar-refractivity contribution in [3.63, 3.8) is 0 Å². The molecule has 0 amide bonds. The smallest absolute Gasteiger partial charge is 0.360 e. The molecule has 1 N–H and O–H groups in total. The summed E-state index contributed by atoms with van der Waals surface area (Å²) in [6.45, 7) is 5.70. The van der Waals surface area contributed by atoms with Crippen molar-refractivity contribution in [2.75, 3.05) is 0 Å². The number of hydrogen-bond donors (Lipinski definition) is 1. The molecule has 0 saturated heterocycles. The lowest BCUT2D eigenvalue weighted by molar-refractivity contribution is -0.365. The molecular weight excluding hydrogens is 200 g/mol. The van der Waals surface area contributed by atoms with E-state index in [1.807, 2.05) is 51.1 Å². The van der Waals surface area contributed by atoms with Crippen LogP contribution in [0.5, 0.6) is 11.5 Å². The average Bonchev–Trinajstić information content (AvgIpc) is 2.25. The zero-order valence-corrected chi connectivity index (χ0v) is 9.74. The fourth-order valence-electron chi connectivity index (χ4n) is 1.76. The number of rotatable bonds is 1. The van der Waals surface area contributed by atoms with E-state index < -0.39 is 0 Å². The molecule has 16 heavy (non-hydrogen) atoms. The summed E-state index contributed by atoms with van der Waals surface area (Å²) in [6.07, 6.45) is 0. The lowest BCUT2D eigenvalue weighted by Crippen LogP contribution is -1.86. The Morgan fingerprint density at radius 2 is 1.75 bits per heavy atom. The predicted molar refractivity (Wildman–Crippen MR) is 66.2 cm³/mol. The third-order valence-corrected chi connectivity index (χ3v) is 2.48. The van der Waals surface area contributed by atoms with Gasteiger partial charge in [-0.15, -0.1) is 0 Å². The molecule has 0 bridgehead atoms. The molecule has 0 aliphatic rings. The minimum absolute atomic E-state index is 0.330. The molecule has 2 aromatic carbocycles. The SMILES string of the molecule is CC(C)=[O+]c1cc(C)c(O)c2ccccc12. The Morgan fingerprint density at radius 1 is 1.12 bits per heavy atom. The number of ketones is 1. The standard InChI is InChI=1S/C14H14O2/c1-9(2)16-13-8-10(3)14(15)12-7-5-4-6-11(12)13/h4-8H,1-3H3/p+1. The lowest BCUT2D eigenvalue weighted by Gasteiger charge is -2.02. The minimum atomic E-state index is 0.330. The Hall–Kier alpha value is -1.83. The molecule has 0 aromatic heterocycles. The third-order valence-electron chi connectivity index (χ3n) is 2.48. The maximum atomic E-state index is 9.95. The second kappa shape index (κ2) is 3.97. The fourth-order valence-corrected chi connectivity index (χ4v) is 1.76.